The van der Waals surface area contributed by atoms with Crippen molar-refractivity contribution in [3.05, 3.63) is 34.9 Å². The summed E-state index contributed by atoms with van der Waals surface area (Å²) >= 11 is 6.26. The van der Waals surface area contributed by atoms with E-state index in [4.69, 9.17) is 21.3 Å². The van der Waals surface area contributed by atoms with Gasteiger partial charge in [0.1, 0.15) is 0 Å². The van der Waals surface area contributed by atoms with Crippen LogP contribution >= 0.6 is 35.6 Å². The Morgan fingerprint density at radius 2 is 1.89 bits per heavy atom. The maximum absolute atomic E-state index is 6.26. The molecule has 7 heteroatoms. The molecule has 3 rings (SSSR count). The van der Waals surface area contributed by atoms with E-state index >= 15 is 0 Å². The van der Waals surface area contributed by atoms with Gasteiger partial charge in [-0.15, -0.1) is 24.0 Å². The highest BCUT2D eigenvalue weighted by Crippen LogP contribution is 2.31. The number of likely N-dealkylation sites (tertiary alicyclic amines) is 1. The third-order valence-corrected chi connectivity index (χ3v) is 6.09. The second kappa shape index (κ2) is 12.2. The molecule has 0 aliphatic carbocycles. The van der Waals surface area contributed by atoms with Gasteiger partial charge in [-0.1, -0.05) is 29.8 Å². The van der Waals surface area contributed by atoms with E-state index in [2.05, 4.69) is 28.5 Å². The van der Waals surface area contributed by atoms with Crippen molar-refractivity contribution in [3.8, 4) is 0 Å². The molecule has 0 aromatic heterocycles. The van der Waals surface area contributed by atoms with Crippen molar-refractivity contribution < 1.29 is 4.74 Å². The van der Waals surface area contributed by atoms with Gasteiger partial charge in [-0.25, -0.2) is 0 Å². The van der Waals surface area contributed by atoms with Crippen LogP contribution in [0.15, 0.2) is 29.3 Å². The van der Waals surface area contributed by atoms with Gasteiger partial charge in [0.15, 0.2) is 5.96 Å². The van der Waals surface area contributed by atoms with Crippen LogP contribution in [-0.2, 0) is 11.2 Å². The Morgan fingerprint density at radius 1 is 1.18 bits per heavy atom. The molecular weight excluding hydrogens is 487 g/mol. The predicted molar refractivity (Wildman–Crippen MR) is 128 cm³/mol. The highest BCUT2D eigenvalue weighted by molar-refractivity contribution is 14.0. The molecule has 2 fully saturated rings. The topological polar surface area (TPSA) is 48.9 Å². The fourth-order valence-electron chi connectivity index (χ4n) is 4.10. The van der Waals surface area contributed by atoms with E-state index in [9.17, 15) is 0 Å². The number of nitrogens with one attached hydrogen (secondary N) is 2. The van der Waals surface area contributed by atoms with Crippen molar-refractivity contribution in [1.29, 1.82) is 0 Å². The average Bonchev–Trinajstić information content (AvgIpc) is 3.24. The van der Waals surface area contributed by atoms with Crippen LogP contribution in [0.1, 0.15) is 38.2 Å². The lowest BCUT2D eigenvalue weighted by Gasteiger charge is -2.43. The van der Waals surface area contributed by atoms with E-state index in [1.165, 1.54) is 31.5 Å². The van der Waals surface area contributed by atoms with E-state index in [1.807, 2.05) is 18.2 Å². The van der Waals surface area contributed by atoms with Crippen LogP contribution in [0.25, 0.3) is 0 Å². The summed E-state index contributed by atoms with van der Waals surface area (Å²) in [7, 11) is 0. The number of rotatable bonds is 7. The molecule has 2 heterocycles. The van der Waals surface area contributed by atoms with Gasteiger partial charge in [-0.05, 0) is 63.7 Å². The average molecular weight is 521 g/mol. The molecule has 158 valence electrons. The molecule has 0 amide bonds. The first-order valence-corrected chi connectivity index (χ1v) is 10.7. The number of hydrogen-bond acceptors (Lipinski definition) is 3. The molecule has 0 saturated carbocycles. The first-order valence-electron chi connectivity index (χ1n) is 10.3. The van der Waals surface area contributed by atoms with Gasteiger partial charge < -0.3 is 15.4 Å². The summed E-state index contributed by atoms with van der Waals surface area (Å²) in [6.45, 7) is 8.71. The van der Waals surface area contributed by atoms with Crippen LogP contribution < -0.4 is 10.6 Å². The number of benzene rings is 1. The van der Waals surface area contributed by atoms with Crippen molar-refractivity contribution in [1.82, 2.24) is 15.5 Å². The summed E-state index contributed by atoms with van der Waals surface area (Å²) in [6.07, 6.45) is 5.66. The fourth-order valence-corrected chi connectivity index (χ4v) is 4.33. The summed E-state index contributed by atoms with van der Waals surface area (Å²) < 4.78 is 5.64. The van der Waals surface area contributed by atoms with Crippen molar-refractivity contribution in [3.63, 3.8) is 0 Å². The molecule has 0 atom stereocenters. The van der Waals surface area contributed by atoms with Gasteiger partial charge in [0, 0.05) is 36.9 Å². The molecule has 2 aliphatic rings. The molecule has 5 nitrogen and oxygen atoms in total. The Bertz CT molecular complexity index is 616. The minimum atomic E-state index is 0. The molecule has 1 aromatic carbocycles. The third-order valence-electron chi connectivity index (χ3n) is 5.72. The van der Waals surface area contributed by atoms with Gasteiger partial charge in [-0.3, -0.25) is 9.89 Å². The zero-order chi connectivity index (χ0) is 19.0. The monoisotopic (exact) mass is 520 g/mol. The normalized spacial score (nSPS) is 19.9. The zero-order valence-corrected chi connectivity index (χ0v) is 20.0. The Labute approximate surface area is 191 Å². The predicted octanol–water partition coefficient (Wildman–Crippen LogP) is 3.70. The number of nitrogens with zero attached hydrogens (tertiary/aromatic N) is 2. The minimum absolute atomic E-state index is 0. The molecule has 1 aromatic rings. The minimum Gasteiger partial charge on any atom is -0.381 e. The molecule has 0 spiro atoms. The summed E-state index contributed by atoms with van der Waals surface area (Å²) in [6, 6.07) is 8.03. The van der Waals surface area contributed by atoms with E-state index in [1.54, 1.807) is 0 Å². The molecule has 28 heavy (non-hydrogen) atoms. The highest BCUT2D eigenvalue weighted by atomic mass is 127. The number of ether oxygens (including phenoxy) is 1. The van der Waals surface area contributed by atoms with Crippen LogP contribution in [0, 0.1) is 0 Å². The van der Waals surface area contributed by atoms with E-state index < -0.39 is 0 Å². The fraction of sp³-hybridized carbons (Fsp3) is 0.667. The first kappa shape index (κ1) is 23.7. The van der Waals surface area contributed by atoms with Crippen LogP contribution in [-0.4, -0.2) is 62.3 Å². The molecular formula is C21H34ClIN4O. The Kier molecular flexibility index (Phi) is 10.3. The number of aliphatic imine (C=N–C) groups is 1. The zero-order valence-electron chi connectivity index (χ0n) is 16.9. The van der Waals surface area contributed by atoms with Crippen molar-refractivity contribution in [2.45, 2.75) is 44.6 Å². The Hall–Kier alpha value is -0.570. The molecule has 0 bridgehead atoms. The lowest BCUT2D eigenvalue weighted by Crippen LogP contribution is -2.54. The number of guanidine groups is 1. The summed E-state index contributed by atoms with van der Waals surface area (Å²) in [5.41, 5.74) is 1.33. The molecule has 2 saturated heterocycles. The standard InChI is InChI=1S/C21H33ClN4O.HI/c1-2-23-20(24-12-9-18-7-3-4-8-19(18)22)25-17-21(10-15-27-16-11-21)26-13-5-6-14-26;/h3-4,7-8H,2,5-6,9-17H2,1H3,(H2,23,24,25);1H. The van der Waals surface area contributed by atoms with E-state index in [0.717, 1.165) is 63.1 Å². The third kappa shape index (κ3) is 6.47. The molecule has 2 aliphatic heterocycles. The summed E-state index contributed by atoms with van der Waals surface area (Å²) in [5.74, 6) is 0.898. The highest BCUT2D eigenvalue weighted by Gasteiger charge is 2.39. The van der Waals surface area contributed by atoms with Gasteiger partial charge >= 0.3 is 0 Å². The smallest absolute Gasteiger partial charge is 0.191 e. The Morgan fingerprint density at radius 3 is 2.57 bits per heavy atom. The van der Waals surface area contributed by atoms with E-state index in [-0.39, 0.29) is 29.5 Å². The SMILES string of the molecule is CCNC(=NCC1(N2CCCC2)CCOCC1)NCCc1ccccc1Cl.I. The van der Waals surface area contributed by atoms with Gasteiger partial charge in [0.05, 0.1) is 6.54 Å². The maximum Gasteiger partial charge on any atom is 0.191 e. The number of halogens is 2. The van der Waals surface area contributed by atoms with Crippen molar-refractivity contribution in [2.24, 2.45) is 4.99 Å². The molecule has 2 N–H and O–H groups in total. The second-order valence-electron chi connectivity index (χ2n) is 7.49. The first-order chi connectivity index (χ1) is 13.2. The summed E-state index contributed by atoms with van der Waals surface area (Å²) in [4.78, 5) is 7.63. The van der Waals surface area contributed by atoms with Gasteiger partial charge in [0.25, 0.3) is 0 Å². The van der Waals surface area contributed by atoms with Crippen LogP contribution in [0.4, 0.5) is 0 Å². The second-order valence-corrected chi connectivity index (χ2v) is 7.90. The van der Waals surface area contributed by atoms with Gasteiger partial charge in [-0.2, -0.15) is 0 Å². The largest absolute Gasteiger partial charge is 0.381 e. The molecule has 0 radical (unpaired) electrons. The quantitative estimate of drug-likeness (QED) is 0.327. The van der Waals surface area contributed by atoms with Crippen molar-refractivity contribution >= 4 is 41.5 Å². The van der Waals surface area contributed by atoms with Crippen LogP contribution in [0.3, 0.4) is 0 Å². The summed E-state index contributed by atoms with van der Waals surface area (Å²) in [5, 5.41) is 7.69. The lowest BCUT2D eigenvalue weighted by atomic mass is 9.88. The van der Waals surface area contributed by atoms with Crippen LogP contribution in [0.2, 0.25) is 5.02 Å². The maximum atomic E-state index is 6.26. The van der Waals surface area contributed by atoms with Gasteiger partial charge in [0.2, 0.25) is 0 Å². The van der Waals surface area contributed by atoms with E-state index in [0.29, 0.717) is 0 Å². The molecule has 0 unspecified atom stereocenters. The Balaban J connectivity index is 0.00000280. The lowest BCUT2D eigenvalue weighted by molar-refractivity contribution is -0.0139. The number of hydrogen-bond donors (Lipinski definition) is 2. The van der Waals surface area contributed by atoms with Crippen molar-refractivity contribution in [2.75, 3.05) is 45.9 Å². The van der Waals surface area contributed by atoms with Crippen LogP contribution in [0.5, 0.6) is 0 Å².